The highest BCUT2D eigenvalue weighted by Crippen LogP contribution is 2.43. The summed E-state index contributed by atoms with van der Waals surface area (Å²) < 4.78 is 18.6. The van der Waals surface area contributed by atoms with Gasteiger partial charge < -0.3 is 14.2 Å². The Morgan fingerprint density at radius 1 is 0.895 bits per heavy atom. The summed E-state index contributed by atoms with van der Waals surface area (Å²) in [6.45, 7) is 0. The summed E-state index contributed by atoms with van der Waals surface area (Å²) in [5.41, 5.74) is 3.51. The van der Waals surface area contributed by atoms with Gasteiger partial charge >= 0.3 is 7.60 Å². The number of para-hydroxylation sites is 1. The predicted octanol–water partition coefficient (Wildman–Crippen LogP) is 5.26. The number of nitrogens with one attached hydrogen (secondary N) is 2. The Labute approximate surface area is 218 Å². The molecule has 4 N–H and O–H groups in total. The molecule has 0 spiro atoms. The van der Waals surface area contributed by atoms with E-state index in [0.29, 0.717) is 18.7 Å². The Kier molecular flexibility index (Phi) is 6.51. The zero-order chi connectivity index (χ0) is 26.1. The molecule has 0 fully saturated rings. The molecule has 6 aromatic rings. The van der Waals surface area contributed by atoms with E-state index in [1.807, 2.05) is 84.9 Å². The summed E-state index contributed by atoms with van der Waals surface area (Å²) >= 11 is 0. The van der Waals surface area contributed by atoms with Gasteiger partial charge in [-0.2, -0.15) is 5.21 Å². The number of rotatable bonds is 9. The summed E-state index contributed by atoms with van der Waals surface area (Å²) in [5, 5.41) is 21.7. The van der Waals surface area contributed by atoms with E-state index in [2.05, 4.69) is 25.9 Å². The van der Waals surface area contributed by atoms with Crippen molar-refractivity contribution < 1.29 is 18.8 Å². The minimum absolute atomic E-state index is 0.231. The number of fused-ring (bicyclic) bond motifs is 4. The second-order valence-electron chi connectivity index (χ2n) is 9.40. The highest BCUT2D eigenvalue weighted by Gasteiger charge is 2.32. The predicted molar refractivity (Wildman–Crippen MR) is 146 cm³/mol. The summed E-state index contributed by atoms with van der Waals surface area (Å²) in [7, 11) is -4.51. The lowest BCUT2D eigenvalue weighted by Gasteiger charge is -2.25. The first kappa shape index (κ1) is 24.5. The number of furan rings is 1. The molecule has 0 aliphatic carbocycles. The second-order valence-corrected chi connectivity index (χ2v) is 11.2. The maximum absolute atomic E-state index is 12.6. The molecule has 10 heteroatoms. The van der Waals surface area contributed by atoms with E-state index in [4.69, 9.17) is 4.42 Å². The Bertz CT molecular complexity index is 1760. The molecular formula is C28H26N5O4P. The summed E-state index contributed by atoms with van der Waals surface area (Å²) in [6.07, 6.45) is 1.11. The Balaban J connectivity index is 1.27. The fourth-order valence-corrected chi connectivity index (χ4v) is 5.90. The molecule has 4 aromatic carbocycles. The van der Waals surface area contributed by atoms with Crippen LogP contribution in [0.1, 0.15) is 29.4 Å². The van der Waals surface area contributed by atoms with Crippen LogP contribution >= 0.6 is 7.60 Å². The third-order valence-electron chi connectivity index (χ3n) is 6.92. The lowest BCUT2D eigenvalue weighted by Crippen LogP contribution is -2.35. The number of H-pyrrole nitrogens is 1. The molecule has 2 heterocycles. The molecular weight excluding hydrogens is 501 g/mol. The maximum atomic E-state index is 12.6. The van der Waals surface area contributed by atoms with Gasteiger partial charge in [-0.1, -0.05) is 78.0 Å². The molecule has 6 rings (SSSR count). The number of tetrazole rings is 1. The zero-order valence-corrected chi connectivity index (χ0v) is 21.3. The lowest BCUT2D eigenvalue weighted by atomic mass is 10.0. The van der Waals surface area contributed by atoms with Crippen molar-refractivity contribution in [2.24, 2.45) is 0 Å². The van der Waals surface area contributed by atoms with Crippen LogP contribution in [0.2, 0.25) is 0 Å². The van der Waals surface area contributed by atoms with Gasteiger partial charge in [0.1, 0.15) is 16.9 Å². The SMILES string of the molecule is O=P(O)(O)[C@@H](CCc1cccc2ccccc12)N[C@@H](Cc1ccc2c(c1)oc1ccccc12)c1nn[nH]n1. The van der Waals surface area contributed by atoms with Gasteiger partial charge in [-0.15, -0.1) is 10.2 Å². The van der Waals surface area contributed by atoms with Gasteiger partial charge in [0, 0.05) is 10.8 Å². The van der Waals surface area contributed by atoms with Crippen molar-refractivity contribution in [3.05, 3.63) is 102 Å². The first-order valence-corrected chi connectivity index (χ1v) is 14.1. The van der Waals surface area contributed by atoms with Crippen LogP contribution in [0.25, 0.3) is 32.7 Å². The number of hydrogen-bond donors (Lipinski definition) is 4. The van der Waals surface area contributed by atoms with Crippen LogP contribution in [0, 0.1) is 0 Å². The van der Waals surface area contributed by atoms with Gasteiger partial charge in [0.15, 0.2) is 5.82 Å². The van der Waals surface area contributed by atoms with E-state index >= 15 is 0 Å². The molecule has 0 aliphatic heterocycles. The number of hydrogen-bond acceptors (Lipinski definition) is 6. The number of nitrogens with zero attached hydrogens (tertiary/aromatic N) is 3. The Morgan fingerprint density at radius 2 is 1.66 bits per heavy atom. The smallest absolute Gasteiger partial charge is 0.342 e. The summed E-state index contributed by atoms with van der Waals surface area (Å²) in [6, 6.07) is 27.2. The molecule has 0 unspecified atom stereocenters. The van der Waals surface area contributed by atoms with Crippen LogP contribution in [0.5, 0.6) is 0 Å². The normalized spacial score (nSPS) is 13.8. The highest BCUT2D eigenvalue weighted by atomic mass is 31.2. The van der Waals surface area contributed by atoms with Crippen molar-refractivity contribution in [2.45, 2.75) is 31.1 Å². The first-order chi connectivity index (χ1) is 18.5. The van der Waals surface area contributed by atoms with Crippen molar-refractivity contribution in [2.75, 3.05) is 0 Å². The number of aromatic nitrogens is 4. The van der Waals surface area contributed by atoms with Crippen molar-refractivity contribution >= 4 is 40.3 Å². The standard InChI is InChI=1S/C28H26N5O4P/c34-38(35,36)27(15-13-20-8-5-7-19-6-1-2-9-21(19)20)29-24(28-30-32-33-31-28)16-18-12-14-23-22-10-3-4-11-25(22)37-26(23)17-18/h1-12,14,17,24,27,29H,13,15-16H2,(H2,34,35,36)(H,30,31,32,33)/t24-,27-/m0/s1. The topological polar surface area (TPSA) is 137 Å². The Hall–Kier alpha value is -3.88. The van der Waals surface area contributed by atoms with Gasteiger partial charge in [0.05, 0.1) is 6.04 Å². The molecule has 0 amide bonds. The van der Waals surface area contributed by atoms with Crippen molar-refractivity contribution in [3.63, 3.8) is 0 Å². The average molecular weight is 528 g/mol. The maximum Gasteiger partial charge on any atom is 0.342 e. The monoisotopic (exact) mass is 527 g/mol. The Morgan fingerprint density at radius 3 is 2.47 bits per heavy atom. The third kappa shape index (κ3) is 4.97. The second kappa shape index (κ2) is 10.1. The van der Waals surface area contributed by atoms with Crippen LogP contribution in [0.3, 0.4) is 0 Å². The molecule has 2 atom stereocenters. The third-order valence-corrected chi connectivity index (χ3v) is 8.14. The molecule has 192 valence electrons. The number of aryl methyl sites for hydroxylation is 1. The van der Waals surface area contributed by atoms with E-state index in [9.17, 15) is 14.4 Å². The fraction of sp³-hybridized carbons (Fsp3) is 0.179. The molecule has 0 bridgehead atoms. The molecule has 0 saturated carbocycles. The quantitative estimate of drug-likeness (QED) is 0.187. The zero-order valence-electron chi connectivity index (χ0n) is 20.4. The largest absolute Gasteiger partial charge is 0.456 e. The van der Waals surface area contributed by atoms with Crippen molar-refractivity contribution in [1.29, 1.82) is 0 Å². The van der Waals surface area contributed by atoms with Crippen molar-refractivity contribution in [1.82, 2.24) is 25.9 Å². The minimum atomic E-state index is -4.51. The highest BCUT2D eigenvalue weighted by molar-refractivity contribution is 7.52. The van der Waals surface area contributed by atoms with Gasteiger partial charge in [0.2, 0.25) is 0 Å². The molecule has 2 aromatic heterocycles. The molecule has 9 nitrogen and oxygen atoms in total. The van der Waals surface area contributed by atoms with Crippen LogP contribution < -0.4 is 5.32 Å². The average Bonchev–Trinajstić information content (AvgIpc) is 3.58. The summed E-state index contributed by atoms with van der Waals surface area (Å²) in [5.74, 6) is -0.766. The van der Waals surface area contributed by atoms with Crippen LogP contribution in [0.15, 0.2) is 89.3 Å². The van der Waals surface area contributed by atoms with Crippen LogP contribution in [0.4, 0.5) is 0 Å². The van der Waals surface area contributed by atoms with E-state index in [0.717, 1.165) is 43.8 Å². The molecule has 38 heavy (non-hydrogen) atoms. The van der Waals surface area contributed by atoms with E-state index in [1.54, 1.807) is 0 Å². The first-order valence-electron chi connectivity index (χ1n) is 12.4. The molecule has 0 radical (unpaired) electrons. The van der Waals surface area contributed by atoms with Crippen LogP contribution in [-0.4, -0.2) is 36.2 Å². The molecule has 0 saturated heterocycles. The van der Waals surface area contributed by atoms with E-state index in [1.165, 1.54) is 0 Å². The molecule has 0 aliphatic rings. The van der Waals surface area contributed by atoms with E-state index < -0.39 is 19.4 Å². The number of aromatic amines is 1. The fourth-order valence-electron chi connectivity index (χ4n) is 5.06. The van der Waals surface area contributed by atoms with E-state index in [-0.39, 0.29) is 6.42 Å². The van der Waals surface area contributed by atoms with Gasteiger partial charge in [0.25, 0.3) is 0 Å². The van der Waals surface area contributed by atoms with Crippen LogP contribution in [-0.2, 0) is 17.4 Å². The summed E-state index contributed by atoms with van der Waals surface area (Å²) in [4.78, 5) is 20.5. The lowest BCUT2D eigenvalue weighted by molar-refractivity contribution is 0.328. The van der Waals surface area contributed by atoms with Crippen molar-refractivity contribution in [3.8, 4) is 0 Å². The van der Waals surface area contributed by atoms with Gasteiger partial charge in [-0.25, -0.2) is 0 Å². The van der Waals surface area contributed by atoms with Gasteiger partial charge in [-0.05, 0) is 53.3 Å². The minimum Gasteiger partial charge on any atom is -0.456 e. The number of benzene rings is 4. The van der Waals surface area contributed by atoms with Gasteiger partial charge in [-0.3, -0.25) is 9.88 Å².